The van der Waals surface area contributed by atoms with Crippen LogP contribution in [0.25, 0.3) is 0 Å². The van der Waals surface area contributed by atoms with Gasteiger partial charge in [-0.15, -0.1) is 6.42 Å². The first-order valence-electron chi connectivity index (χ1n) is 3.62. The summed E-state index contributed by atoms with van der Waals surface area (Å²) in [5, 5.41) is 2.56. The van der Waals surface area contributed by atoms with Gasteiger partial charge in [-0.1, -0.05) is 5.92 Å². The van der Waals surface area contributed by atoms with E-state index in [0.717, 1.165) is 0 Å². The Hall–Kier alpha value is -1.01. The Bertz CT molecular complexity index is 158. The Morgan fingerprint density at radius 1 is 1.82 bits per heavy atom. The van der Waals surface area contributed by atoms with Crippen molar-refractivity contribution in [3.05, 3.63) is 0 Å². The van der Waals surface area contributed by atoms with Crippen molar-refractivity contribution >= 4 is 5.91 Å². The highest BCUT2D eigenvalue weighted by molar-refractivity contribution is 5.76. The van der Waals surface area contributed by atoms with Crippen molar-refractivity contribution in [1.82, 2.24) is 5.32 Å². The molecule has 3 nitrogen and oxygen atoms in total. The second-order valence-electron chi connectivity index (χ2n) is 2.50. The van der Waals surface area contributed by atoms with Gasteiger partial charge in [0.15, 0.2) is 0 Å². The number of carbonyl (C=O) groups is 1. The molecule has 0 rings (SSSR count). The predicted molar refractivity (Wildman–Crippen MR) is 44.7 cm³/mol. The van der Waals surface area contributed by atoms with Crippen LogP contribution in [0.5, 0.6) is 0 Å². The molecule has 0 aromatic carbocycles. The number of hydrogen-bond donors (Lipinski definition) is 2. The molecule has 0 aliphatic carbocycles. The largest absolute Gasteiger partial charge is 0.345 e. The molecular formula is C8H14N2O. The standard InChI is InChI=1S/C8H14N2O/c1-3-6-10-8(11)5-4-7(2)9/h1,7H,4-6,9H2,2H3,(H,10,11). The number of carbonyl (C=O) groups excluding carboxylic acids is 1. The summed E-state index contributed by atoms with van der Waals surface area (Å²) >= 11 is 0. The van der Waals surface area contributed by atoms with E-state index >= 15 is 0 Å². The molecule has 0 aliphatic rings. The third-order valence-corrected chi connectivity index (χ3v) is 1.21. The lowest BCUT2D eigenvalue weighted by molar-refractivity contribution is -0.121. The molecule has 1 atom stereocenters. The van der Waals surface area contributed by atoms with Crippen molar-refractivity contribution in [3.8, 4) is 12.3 Å². The zero-order chi connectivity index (χ0) is 8.69. The Morgan fingerprint density at radius 2 is 2.45 bits per heavy atom. The van der Waals surface area contributed by atoms with E-state index in [2.05, 4.69) is 11.2 Å². The van der Waals surface area contributed by atoms with Crippen molar-refractivity contribution in [2.24, 2.45) is 5.73 Å². The first-order valence-corrected chi connectivity index (χ1v) is 3.62. The van der Waals surface area contributed by atoms with Gasteiger partial charge in [-0.2, -0.15) is 0 Å². The van der Waals surface area contributed by atoms with Crippen LogP contribution in [0.1, 0.15) is 19.8 Å². The maximum atomic E-state index is 10.8. The summed E-state index contributed by atoms with van der Waals surface area (Å²) in [5.74, 6) is 2.30. The number of terminal acetylenes is 1. The number of amides is 1. The van der Waals surface area contributed by atoms with Gasteiger partial charge < -0.3 is 11.1 Å². The normalized spacial score (nSPS) is 11.7. The Kier molecular flexibility index (Phi) is 5.22. The number of hydrogen-bond acceptors (Lipinski definition) is 2. The summed E-state index contributed by atoms with van der Waals surface area (Å²) in [6.07, 6.45) is 6.11. The third kappa shape index (κ3) is 6.88. The van der Waals surface area contributed by atoms with Gasteiger partial charge >= 0.3 is 0 Å². The number of rotatable bonds is 4. The highest BCUT2D eigenvalue weighted by Crippen LogP contribution is 1.91. The average Bonchev–Trinajstić information content (AvgIpc) is 1.97. The van der Waals surface area contributed by atoms with E-state index in [1.165, 1.54) is 0 Å². The van der Waals surface area contributed by atoms with Gasteiger partial charge in [0.25, 0.3) is 0 Å². The van der Waals surface area contributed by atoms with Crippen molar-refractivity contribution in [3.63, 3.8) is 0 Å². The fourth-order valence-electron chi connectivity index (χ4n) is 0.597. The Balaban J connectivity index is 3.32. The van der Waals surface area contributed by atoms with Crippen LogP contribution in [0.2, 0.25) is 0 Å². The van der Waals surface area contributed by atoms with Gasteiger partial charge in [-0.05, 0) is 13.3 Å². The maximum absolute atomic E-state index is 10.8. The number of nitrogens with one attached hydrogen (secondary N) is 1. The van der Waals surface area contributed by atoms with E-state index < -0.39 is 0 Å². The first kappa shape index (κ1) is 9.99. The van der Waals surface area contributed by atoms with E-state index in [0.29, 0.717) is 19.4 Å². The number of nitrogens with two attached hydrogens (primary N) is 1. The van der Waals surface area contributed by atoms with Crippen molar-refractivity contribution in [2.75, 3.05) is 6.54 Å². The van der Waals surface area contributed by atoms with E-state index in [1.807, 2.05) is 6.92 Å². The quantitative estimate of drug-likeness (QED) is 0.554. The average molecular weight is 154 g/mol. The molecule has 0 aromatic heterocycles. The van der Waals surface area contributed by atoms with Crippen LogP contribution in [-0.2, 0) is 4.79 Å². The Morgan fingerprint density at radius 3 is 2.91 bits per heavy atom. The maximum Gasteiger partial charge on any atom is 0.220 e. The van der Waals surface area contributed by atoms with Crippen molar-refractivity contribution < 1.29 is 4.79 Å². The van der Waals surface area contributed by atoms with Crippen LogP contribution in [0, 0.1) is 12.3 Å². The topological polar surface area (TPSA) is 55.1 Å². The van der Waals surface area contributed by atoms with Crippen LogP contribution < -0.4 is 11.1 Å². The summed E-state index contributed by atoms with van der Waals surface area (Å²) in [4.78, 5) is 10.8. The molecule has 0 aromatic rings. The van der Waals surface area contributed by atoms with E-state index in [9.17, 15) is 4.79 Å². The van der Waals surface area contributed by atoms with Gasteiger partial charge in [0.1, 0.15) is 0 Å². The molecule has 0 saturated heterocycles. The Labute approximate surface area is 67.3 Å². The van der Waals surface area contributed by atoms with Gasteiger partial charge in [-0.3, -0.25) is 4.79 Å². The molecule has 1 amide bonds. The SMILES string of the molecule is C#CCNC(=O)CCC(C)N. The van der Waals surface area contributed by atoms with Crippen LogP contribution in [0.15, 0.2) is 0 Å². The molecule has 0 aliphatic heterocycles. The minimum absolute atomic E-state index is 0.0275. The third-order valence-electron chi connectivity index (χ3n) is 1.21. The highest BCUT2D eigenvalue weighted by atomic mass is 16.1. The molecule has 3 heteroatoms. The summed E-state index contributed by atoms with van der Waals surface area (Å²) in [7, 11) is 0. The van der Waals surface area contributed by atoms with Crippen LogP contribution in [0.4, 0.5) is 0 Å². The molecule has 0 spiro atoms. The molecule has 0 heterocycles. The lowest BCUT2D eigenvalue weighted by atomic mass is 10.2. The predicted octanol–water partition coefficient (Wildman–Crippen LogP) is -0.137. The smallest absolute Gasteiger partial charge is 0.220 e. The zero-order valence-electron chi connectivity index (χ0n) is 6.76. The molecule has 0 saturated carbocycles. The minimum atomic E-state index is -0.0275. The lowest BCUT2D eigenvalue weighted by Gasteiger charge is -2.03. The molecular weight excluding hydrogens is 140 g/mol. The fourth-order valence-corrected chi connectivity index (χ4v) is 0.597. The first-order chi connectivity index (χ1) is 5.16. The summed E-state index contributed by atoms with van der Waals surface area (Å²) in [6.45, 7) is 2.17. The monoisotopic (exact) mass is 154 g/mol. The molecule has 3 N–H and O–H groups in total. The van der Waals surface area contributed by atoms with Gasteiger partial charge in [-0.25, -0.2) is 0 Å². The van der Waals surface area contributed by atoms with Gasteiger partial charge in [0.05, 0.1) is 6.54 Å². The molecule has 1 unspecified atom stereocenters. The van der Waals surface area contributed by atoms with E-state index in [1.54, 1.807) is 0 Å². The van der Waals surface area contributed by atoms with E-state index in [4.69, 9.17) is 12.2 Å². The van der Waals surface area contributed by atoms with Crippen molar-refractivity contribution in [2.45, 2.75) is 25.8 Å². The molecule has 62 valence electrons. The fraction of sp³-hybridized carbons (Fsp3) is 0.625. The van der Waals surface area contributed by atoms with Gasteiger partial charge in [0.2, 0.25) is 5.91 Å². The van der Waals surface area contributed by atoms with Crippen LogP contribution >= 0.6 is 0 Å². The van der Waals surface area contributed by atoms with Crippen LogP contribution in [0.3, 0.4) is 0 Å². The molecule has 0 fully saturated rings. The highest BCUT2D eigenvalue weighted by Gasteiger charge is 2.00. The minimum Gasteiger partial charge on any atom is -0.345 e. The van der Waals surface area contributed by atoms with Crippen LogP contribution in [-0.4, -0.2) is 18.5 Å². The zero-order valence-corrected chi connectivity index (χ0v) is 6.76. The summed E-state index contributed by atoms with van der Waals surface area (Å²) in [6, 6.07) is 0.0755. The lowest BCUT2D eigenvalue weighted by Crippen LogP contribution is -2.25. The molecule has 0 radical (unpaired) electrons. The second kappa shape index (κ2) is 5.75. The molecule has 11 heavy (non-hydrogen) atoms. The van der Waals surface area contributed by atoms with E-state index in [-0.39, 0.29) is 11.9 Å². The molecule has 0 bridgehead atoms. The van der Waals surface area contributed by atoms with Crippen molar-refractivity contribution in [1.29, 1.82) is 0 Å². The summed E-state index contributed by atoms with van der Waals surface area (Å²) in [5.41, 5.74) is 5.45. The van der Waals surface area contributed by atoms with Gasteiger partial charge in [0, 0.05) is 12.5 Å². The second-order valence-corrected chi connectivity index (χ2v) is 2.50. The summed E-state index contributed by atoms with van der Waals surface area (Å²) < 4.78 is 0.